The van der Waals surface area contributed by atoms with Gasteiger partial charge in [0.15, 0.2) is 0 Å². The molecule has 0 aliphatic rings. The Kier molecular flexibility index (Phi) is 4.93. The summed E-state index contributed by atoms with van der Waals surface area (Å²) in [4.78, 5) is 23.6. The third-order valence-corrected chi connectivity index (χ3v) is 3.39. The van der Waals surface area contributed by atoms with Gasteiger partial charge < -0.3 is 0 Å². The van der Waals surface area contributed by atoms with E-state index in [0.717, 1.165) is 10.5 Å². The molecule has 0 aliphatic carbocycles. The first-order valence-corrected chi connectivity index (χ1v) is 6.96. The van der Waals surface area contributed by atoms with Crippen LogP contribution in [0.25, 0.3) is 0 Å². The highest BCUT2D eigenvalue weighted by Gasteiger charge is 2.14. The Bertz CT molecular complexity index is 709. The van der Waals surface area contributed by atoms with Crippen LogP contribution in [0.4, 0.5) is 4.39 Å². The van der Waals surface area contributed by atoms with E-state index in [1.54, 1.807) is 12.1 Å². The van der Waals surface area contributed by atoms with Gasteiger partial charge in [0.1, 0.15) is 5.82 Å². The van der Waals surface area contributed by atoms with Gasteiger partial charge in [0.05, 0.1) is 16.1 Å². The van der Waals surface area contributed by atoms with Crippen molar-refractivity contribution >= 4 is 39.3 Å². The lowest BCUT2D eigenvalue weighted by Crippen LogP contribution is -2.42. The van der Waals surface area contributed by atoms with E-state index in [0.29, 0.717) is 0 Å². The van der Waals surface area contributed by atoms with Gasteiger partial charge >= 0.3 is 0 Å². The molecule has 0 bridgehead atoms. The molecule has 2 aromatic rings. The highest BCUT2D eigenvalue weighted by atomic mass is 79.9. The summed E-state index contributed by atoms with van der Waals surface area (Å²) in [6, 6.07) is 10.1. The summed E-state index contributed by atoms with van der Waals surface area (Å²) in [6.45, 7) is 0. The SMILES string of the molecule is O=C(NNC(=O)c1ccc(Br)cc1Cl)c1ccccc1F. The number of hydrazine groups is 1. The van der Waals surface area contributed by atoms with Crippen LogP contribution in [0.5, 0.6) is 0 Å². The summed E-state index contributed by atoms with van der Waals surface area (Å²) in [7, 11) is 0. The van der Waals surface area contributed by atoms with Gasteiger partial charge in [-0.25, -0.2) is 4.39 Å². The quantitative estimate of drug-likeness (QED) is 0.796. The Morgan fingerprint density at radius 3 is 2.24 bits per heavy atom. The van der Waals surface area contributed by atoms with Gasteiger partial charge in [-0.3, -0.25) is 20.4 Å². The first kappa shape index (κ1) is 15.5. The van der Waals surface area contributed by atoms with Crippen molar-refractivity contribution < 1.29 is 14.0 Å². The summed E-state index contributed by atoms with van der Waals surface area (Å²) in [5.41, 5.74) is 4.33. The van der Waals surface area contributed by atoms with Crippen molar-refractivity contribution in [1.29, 1.82) is 0 Å². The number of halogens is 3. The van der Waals surface area contributed by atoms with Crippen molar-refractivity contribution in [2.45, 2.75) is 0 Å². The smallest absolute Gasteiger partial charge is 0.267 e. The van der Waals surface area contributed by atoms with Crippen LogP contribution in [-0.2, 0) is 0 Å². The molecular formula is C14H9BrClFN2O2. The Labute approximate surface area is 133 Å². The number of amides is 2. The van der Waals surface area contributed by atoms with Gasteiger partial charge in [0.2, 0.25) is 0 Å². The van der Waals surface area contributed by atoms with Crippen molar-refractivity contribution in [1.82, 2.24) is 10.9 Å². The van der Waals surface area contributed by atoms with Gasteiger partial charge in [-0.15, -0.1) is 0 Å². The Morgan fingerprint density at radius 1 is 1.00 bits per heavy atom. The largest absolute Gasteiger partial charge is 0.272 e. The minimum atomic E-state index is -0.755. The average Bonchev–Trinajstić information content (AvgIpc) is 2.45. The summed E-state index contributed by atoms with van der Waals surface area (Å²) in [5.74, 6) is -2.03. The molecule has 0 saturated carbocycles. The molecule has 4 nitrogen and oxygen atoms in total. The first-order chi connectivity index (χ1) is 9.99. The molecule has 0 saturated heterocycles. The highest BCUT2D eigenvalue weighted by Crippen LogP contribution is 2.21. The summed E-state index contributed by atoms with van der Waals surface area (Å²) in [6.07, 6.45) is 0. The lowest BCUT2D eigenvalue weighted by molar-refractivity contribution is 0.0844. The topological polar surface area (TPSA) is 58.2 Å². The van der Waals surface area contributed by atoms with Crippen molar-refractivity contribution in [3.05, 3.63) is 68.9 Å². The third kappa shape index (κ3) is 3.80. The predicted molar refractivity (Wildman–Crippen MR) is 80.5 cm³/mol. The molecule has 2 amide bonds. The first-order valence-electron chi connectivity index (χ1n) is 5.79. The van der Waals surface area contributed by atoms with Gasteiger partial charge in [-0.1, -0.05) is 39.7 Å². The number of hydrogen-bond acceptors (Lipinski definition) is 2. The van der Waals surface area contributed by atoms with E-state index in [-0.39, 0.29) is 16.1 Å². The molecule has 0 radical (unpaired) electrons. The van der Waals surface area contributed by atoms with Crippen LogP contribution in [0, 0.1) is 5.82 Å². The maximum atomic E-state index is 13.4. The van der Waals surface area contributed by atoms with Crippen LogP contribution in [0.2, 0.25) is 5.02 Å². The van der Waals surface area contributed by atoms with E-state index in [1.807, 2.05) is 0 Å². The minimum Gasteiger partial charge on any atom is -0.267 e. The summed E-state index contributed by atoms with van der Waals surface area (Å²) in [5, 5.41) is 0.224. The molecule has 0 aliphatic heterocycles. The minimum absolute atomic E-state index is 0.167. The molecule has 7 heteroatoms. The number of rotatable bonds is 2. The molecule has 2 N–H and O–H groups in total. The van der Waals surface area contributed by atoms with E-state index in [1.165, 1.54) is 24.3 Å². The van der Waals surface area contributed by atoms with E-state index in [9.17, 15) is 14.0 Å². The zero-order chi connectivity index (χ0) is 15.4. The van der Waals surface area contributed by atoms with E-state index >= 15 is 0 Å². The number of carbonyl (C=O) groups excluding carboxylic acids is 2. The second-order valence-corrected chi connectivity index (χ2v) is 5.34. The Hall–Kier alpha value is -1.92. The van der Waals surface area contributed by atoms with Crippen LogP contribution in [0.15, 0.2) is 46.9 Å². The molecule has 0 atom stereocenters. The Balaban J connectivity index is 2.04. The third-order valence-electron chi connectivity index (χ3n) is 2.58. The molecule has 0 spiro atoms. The highest BCUT2D eigenvalue weighted by molar-refractivity contribution is 9.10. The van der Waals surface area contributed by atoms with Crippen LogP contribution in [0.1, 0.15) is 20.7 Å². The Morgan fingerprint density at radius 2 is 1.62 bits per heavy atom. The molecule has 2 aromatic carbocycles. The maximum Gasteiger partial charge on any atom is 0.272 e. The van der Waals surface area contributed by atoms with E-state index in [4.69, 9.17) is 11.6 Å². The summed E-state index contributed by atoms with van der Waals surface area (Å²) >= 11 is 9.14. The molecule has 108 valence electrons. The molecule has 0 fully saturated rings. The van der Waals surface area contributed by atoms with Crippen molar-refractivity contribution in [3.63, 3.8) is 0 Å². The number of benzene rings is 2. The second-order valence-electron chi connectivity index (χ2n) is 4.01. The van der Waals surface area contributed by atoms with Crippen LogP contribution < -0.4 is 10.9 Å². The van der Waals surface area contributed by atoms with Crippen molar-refractivity contribution in [2.24, 2.45) is 0 Å². The fourth-order valence-corrected chi connectivity index (χ4v) is 2.33. The van der Waals surface area contributed by atoms with Gasteiger partial charge in [0.25, 0.3) is 11.8 Å². The zero-order valence-electron chi connectivity index (χ0n) is 10.5. The molecule has 0 heterocycles. The van der Waals surface area contributed by atoms with E-state index in [2.05, 4.69) is 26.8 Å². The van der Waals surface area contributed by atoms with Gasteiger partial charge in [-0.05, 0) is 30.3 Å². The fourth-order valence-electron chi connectivity index (χ4n) is 1.57. The number of hydrogen-bond donors (Lipinski definition) is 2. The van der Waals surface area contributed by atoms with Crippen LogP contribution in [0.3, 0.4) is 0 Å². The normalized spacial score (nSPS) is 10.0. The predicted octanol–water partition coefficient (Wildman–Crippen LogP) is 3.32. The lowest BCUT2D eigenvalue weighted by atomic mass is 10.2. The van der Waals surface area contributed by atoms with Crippen molar-refractivity contribution in [2.75, 3.05) is 0 Å². The standard InChI is InChI=1S/C14H9BrClFN2O2/c15-8-5-6-9(11(16)7-8)13(20)18-19-14(21)10-3-1-2-4-12(10)17/h1-7H,(H,18,20)(H,19,21). The van der Waals surface area contributed by atoms with Gasteiger partial charge in [0, 0.05) is 4.47 Å². The molecular weight excluding hydrogens is 363 g/mol. The molecule has 0 aromatic heterocycles. The molecule has 2 rings (SSSR count). The van der Waals surface area contributed by atoms with Crippen LogP contribution in [-0.4, -0.2) is 11.8 Å². The maximum absolute atomic E-state index is 13.4. The molecule has 0 unspecified atom stereocenters. The second kappa shape index (κ2) is 6.69. The van der Waals surface area contributed by atoms with E-state index < -0.39 is 17.6 Å². The van der Waals surface area contributed by atoms with Crippen LogP contribution >= 0.6 is 27.5 Å². The monoisotopic (exact) mass is 370 g/mol. The fraction of sp³-hybridized carbons (Fsp3) is 0. The van der Waals surface area contributed by atoms with Gasteiger partial charge in [-0.2, -0.15) is 0 Å². The average molecular weight is 372 g/mol. The summed E-state index contributed by atoms with van der Waals surface area (Å²) < 4.78 is 14.1. The van der Waals surface area contributed by atoms with Crippen molar-refractivity contribution in [3.8, 4) is 0 Å². The molecule has 21 heavy (non-hydrogen) atoms. The number of nitrogens with one attached hydrogen (secondary N) is 2. The lowest BCUT2D eigenvalue weighted by Gasteiger charge is -2.09. The zero-order valence-corrected chi connectivity index (χ0v) is 12.8. The number of carbonyl (C=O) groups is 2.